The largest absolute Gasteiger partial charge is 0.393 e. The van der Waals surface area contributed by atoms with Gasteiger partial charge < -0.3 is 10.2 Å². The fourth-order valence-corrected chi connectivity index (χ4v) is 1.03. The Morgan fingerprint density at radius 3 is 2.38 bits per heavy atom. The monoisotopic (exact) mass is 186 g/mol. The van der Waals surface area contributed by atoms with E-state index >= 15 is 0 Å². The number of aliphatic hydroxyl groups excluding tert-OH is 1. The lowest BCUT2D eigenvalue weighted by Crippen LogP contribution is -2.28. The SMILES string of the molecule is CCCC/C=C\CCC(C)(O)CO. The summed E-state index contributed by atoms with van der Waals surface area (Å²) in [6.07, 6.45) is 9.28. The summed E-state index contributed by atoms with van der Waals surface area (Å²) >= 11 is 0. The summed E-state index contributed by atoms with van der Waals surface area (Å²) in [6, 6.07) is 0. The second kappa shape index (κ2) is 7.10. The maximum Gasteiger partial charge on any atom is 0.0852 e. The summed E-state index contributed by atoms with van der Waals surface area (Å²) in [5, 5.41) is 18.2. The van der Waals surface area contributed by atoms with E-state index in [-0.39, 0.29) is 6.61 Å². The molecule has 0 aliphatic carbocycles. The van der Waals surface area contributed by atoms with Crippen LogP contribution in [0.4, 0.5) is 0 Å². The maximum absolute atomic E-state index is 9.44. The van der Waals surface area contributed by atoms with Crippen LogP contribution < -0.4 is 0 Å². The minimum Gasteiger partial charge on any atom is -0.393 e. The summed E-state index contributed by atoms with van der Waals surface area (Å²) in [5.41, 5.74) is -0.908. The summed E-state index contributed by atoms with van der Waals surface area (Å²) in [6.45, 7) is 3.67. The zero-order chi connectivity index (χ0) is 10.2. The molecule has 0 aromatic carbocycles. The van der Waals surface area contributed by atoms with Gasteiger partial charge in [0.15, 0.2) is 0 Å². The van der Waals surface area contributed by atoms with E-state index in [0.717, 1.165) is 12.8 Å². The fraction of sp³-hybridized carbons (Fsp3) is 0.818. The van der Waals surface area contributed by atoms with Crippen LogP contribution in [0, 0.1) is 0 Å². The molecule has 2 nitrogen and oxygen atoms in total. The molecule has 0 aliphatic rings. The molecule has 1 unspecified atom stereocenters. The molecule has 0 spiro atoms. The van der Waals surface area contributed by atoms with E-state index in [1.165, 1.54) is 12.8 Å². The molecular weight excluding hydrogens is 164 g/mol. The van der Waals surface area contributed by atoms with Crippen molar-refractivity contribution in [1.82, 2.24) is 0 Å². The van der Waals surface area contributed by atoms with Gasteiger partial charge in [-0.2, -0.15) is 0 Å². The summed E-state index contributed by atoms with van der Waals surface area (Å²) < 4.78 is 0. The zero-order valence-electron chi connectivity index (χ0n) is 8.79. The van der Waals surface area contributed by atoms with Crippen LogP contribution in [0.1, 0.15) is 46.0 Å². The number of hydrogen-bond acceptors (Lipinski definition) is 2. The van der Waals surface area contributed by atoms with E-state index in [2.05, 4.69) is 19.1 Å². The molecule has 0 rings (SSSR count). The van der Waals surface area contributed by atoms with Crippen molar-refractivity contribution in [2.75, 3.05) is 6.61 Å². The highest BCUT2D eigenvalue weighted by Crippen LogP contribution is 2.11. The van der Waals surface area contributed by atoms with Gasteiger partial charge in [-0.1, -0.05) is 31.9 Å². The highest BCUT2D eigenvalue weighted by molar-refractivity contribution is 4.84. The molecule has 2 N–H and O–H groups in total. The Morgan fingerprint density at radius 2 is 1.85 bits per heavy atom. The van der Waals surface area contributed by atoms with Gasteiger partial charge in [0.2, 0.25) is 0 Å². The van der Waals surface area contributed by atoms with E-state index in [1.54, 1.807) is 6.92 Å². The second-order valence-electron chi connectivity index (χ2n) is 3.81. The van der Waals surface area contributed by atoms with Crippen molar-refractivity contribution in [2.24, 2.45) is 0 Å². The first-order valence-corrected chi connectivity index (χ1v) is 5.10. The predicted octanol–water partition coefficient (Wildman–Crippen LogP) is 2.26. The first-order chi connectivity index (χ1) is 6.12. The van der Waals surface area contributed by atoms with Crippen LogP contribution >= 0.6 is 0 Å². The minimum atomic E-state index is -0.908. The third-order valence-electron chi connectivity index (χ3n) is 2.08. The Kier molecular flexibility index (Phi) is 6.92. The van der Waals surface area contributed by atoms with Gasteiger partial charge in [-0.3, -0.25) is 0 Å². The van der Waals surface area contributed by atoms with Crippen LogP contribution in [0.3, 0.4) is 0 Å². The molecule has 0 saturated heterocycles. The number of rotatable bonds is 7. The Morgan fingerprint density at radius 1 is 1.23 bits per heavy atom. The van der Waals surface area contributed by atoms with Crippen LogP contribution in [0.2, 0.25) is 0 Å². The topological polar surface area (TPSA) is 40.5 Å². The highest BCUT2D eigenvalue weighted by atomic mass is 16.3. The van der Waals surface area contributed by atoms with E-state index in [9.17, 15) is 5.11 Å². The van der Waals surface area contributed by atoms with Crippen molar-refractivity contribution in [1.29, 1.82) is 0 Å². The van der Waals surface area contributed by atoms with Crippen LogP contribution in [-0.4, -0.2) is 22.4 Å². The summed E-state index contributed by atoms with van der Waals surface area (Å²) in [5.74, 6) is 0. The number of allylic oxidation sites excluding steroid dienone is 2. The van der Waals surface area contributed by atoms with Crippen LogP contribution in [-0.2, 0) is 0 Å². The van der Waals surface area contributed by atoms with Crippen LogP contribution in [0.15, 0.2) is 12.2 Å². The zero-order valence-corrected chi connectivity index (χ0v) is 8.79. The molecule has 0 aliphatic heterocycles. The minimum absolute atomic E-state index is 0.157. The molecule has 0 fully saturated rings. The molecule has 0 amide bonds. The number of hydrogen-bond donors (Lipinski definition) is 2. The van der Waals surface area contributed by atoms with Crippen molar-refractivity contribution < 1.29 is 10.2 Å². The number of aliphatic hydroxyl groups is 2. The van der Waals surface area contributed by atoms with E-state index in [4.69, 9.17) is 5.11 Å². The van der Waals surface area contributed by atoms with E-state index < -0.39 is 5.60 Å². The lowest BCUT2D eigenvalue weighted by Gasteiger charge is -2.18. The Labute approximate surface area is 81.3 Å². The van der Waals surface area contributed by atoms with Gasteiger partial charge in [0.05, 0.1) is 12.2 Å². The Balaban J connectivity index is 3.38. The standard InChI is InChI=1S/C11H22O2/c1-3-4-5-6-7-8-9-11(2,13)10-12/h6-7,12-13H,3-5,8-10H2,1-2H3/b7-6-. The quantitative estimate of drug-likeness (QED) is 0.473. The third-order valence-corrected chi connectivity index (χ3v) is 2.08. The van der Waals surface area contributed by atoms with Gasteiger partial charge in [0.25, 0.3) is 0 Å². The molecule has 0 radical (unpaired) electrons. The fourth-order valence-electron chi connectivity index (χ4n) is 1.03. The Hall–Kier alpha value is -0.340. The van der Waals surface area contributed by atoms with Crippen molar-refractivity contribution in [3.8, 4) is 0 Å². The van der Waals surface area contributed by atoms with Crippen molar-refractivity contribution in [2.45, 2.75) is 51.6 Å². The van der Waals surface area contributed by atoms with Gasteiger partial charge in [-0.05, 0) is 26.2 Å². The normalized spacial score (nSPS) is 16.3. The molecule has 2 heteroatoms. The average molecular weight is 186 g/mol. The number of unbranched alkanes of at least 4 members (excludes halogenated alkanes) is 2. The third kappa shape index (κ3) is 8.00. The highest BCUT2D eigenvalue weighted by Gasteiger charge is 2.16. The average Bonchev–Trinajstić information content (AvgIpc) is 2.11. The van der Waals surface area contributed by atoms with Crippen LogP contribution in [0.5, 0.6) is 0 Å². The molecule has 78 valence electrons. The van der Waals surface area contributed by atoms with Gasteiger partial charge in [0.1, 0.15) is 0 Å². The lowest BCUT2D eigenvalue weighted by molar-refractivity contribution is -0.00422. The molecule has 13 heavy (non-hydrogen) atoms. The van der Waals surface area contributed by atoms with E-state index in [0.29, 0.717) is 6.42 Å². The molecule has 0 bridgehead atoms. The first-order valence-electron chi connectivity index (χ1n) is 5.10. The van der Waals surface area contributed by atoms with Crippen LogP contribution in [0.25, 0.3) is 0 Å². The summed E-state index contributed by atoms with van der Waals surface area (Å²) in [4.78, 5) is 0. The lowest BCUT2D eigenvalue weighted by atomic mass is 10.0. The van der Waals surface area contributed by atoms with Crippen molar-refractivity contribution in [3.63, 3.8) is 0 Å². The molecular formula is C11H22O2. The smallest absolute Gasteiger partial charge is 0.0852 e. The Bertz CT molecular complexity index is 139. The molecule has 0 heterocycles. The molecule has 0 aromatic heterocycles. The van der Waals surface area contributed by atoms with Crippen molar-refractivity contribution in [3.05, 3.63) is 12.2 Å². The van der Waals surface area contributed by atoms with Gasteiger partial charge in [-0.15, -0.1) is 0 Å². The molecule has 1 atom stereocenters. The molecule has 0 aromatic rings. The predicted molar refractivity (Wildman–Crippen MR) is 55.6 cm³/mol. The second-order valence-corrected chi connectivity index (χ2v) is 3.81. The van der Waals surface area contributed by atoms with Gasteiger partial charge in [0, 0.05) is 0 Å². The first kappa shape index (κ1) is 12.7. The maximum atomic E-state index is 9.44. The molecule has 0 saturated carbocycles. The van der Waals surface area contributed by atoms with Gasteiger partial charge in [-0.25, -0.2) is 0 Å². The summed E-state index contributed by atoms with van der Waals surface area (Å²) in [7, 11) is 0. The van der Waals surface area contributed by atoms with Crippen molar-refractivity contribution >= 4 is 0 Å². The van der Waals surface area contributed by atoms with E-state index in [1.807, 2.05) is 0 Å². The van der Waals surface area contributed by atoms with Gasteiger partial charge >= 0.3 is 0 Å².